The normalized spacial score (nSPS) is 15.8. The van der Waals surface area contributed by atoms with Crippen LogP contribution >= 0.6 is 11.3 Å². The van der Waals surface area contributed by atoms with Crippen LogP contribution in [0.15, 0.2) is 5.38 Å². The van der Waals surface area contributed by atoms with Gasteiger partial charge in [0.15, 0.2) is 13.4 Å². The molecule has 1 atom stereocenters. The van der Waals surface area contributed by atoms with Crippen LogP contribution in [0.25, 0.3) is 0 Å². The van der Waals surface area contributed by atoms with Gasteiger partial charge in [-0.2, -0.15) is 0 Å². The van der Waals surface area contributed by atoms with Crippen LogP contribution in [-0.4, -0.2) is 94.9 Å². The van der Waals surface area contributed by atoms with Crippen LogP contribution in [0.1, 0.15) is 50.5 Å². The van der Waals surface area contributed by atoms with Crippen LogP contribution < -0.4 is 15.5 Å². The number of carbonyl (C=O) groups excluding carboxylic acids is 3. The van der Waals surface area contributed by atoms with E-state index in [9.17, 15) is 14.4 Å². The molecule has 1 aromatic heterocycles. The van der Waals surface area contributed by atoms with E-state index in [0.29, 0.717) is 26.1 Å². The van der Waals surface area contributed by atoms with Crippen molar-refractivity contribution in [1.82, 2.24) is 15.6 Å². The Hall–Kier alpha value is -2.06. The monoisotopic (exact) mass is 558 g/mol. The van der Waals surface area contributed by atoms with Gasteiger partial charge in [-0.1, -0.05) is 20.8 Å². The van der Waals surface area contributed by atoms with Gasteiger partial charge >= 0.3 is 5.97 Å². The van der Waals surface area contributed by atoms with E-state index < -0.39 is 26.2 Å². The molecule has 13 heteroatoms. The van der Waals surface area contributed by atoms with Crippen LogP contribution in [0.3, 0.4) is 0 Å². The van der Waals surface area contributed by atoms with Gasteiger partial charge in [-0.3, -0.25) is 9.59 Å². The first-order chi connectivity index (χ1) is 17.4. The Balaban J connectivity index is 1.88. The van der Waals surface area contributed by atoms with E-state index in [1.807, 2.05) is 0 Å². The van der Waals surface area contributed by atoms with Crippen molar-refractivity contribution in [2.75, 3.05) is 51.5 Å². The first-order valence-electron chi connectivity index (χ1n) is 12.6. The number of hydrogen-bond acceptors (Lipinski definition) is 10. The molecule has 11 nitrogen and oxygen atoms in total. The molecule has 0 unspecified atom stereocenters. The molecule has 37 heavy (non-hydrogen) atoms. The lowest BCUT2D eigenvalue weighted by Crippen LogP contribution is -2.49. The number of aromatic nitrogens is 1. The summed E-state index contributed by atoms with van der Waals surface area (Å²) < 4.78 is 16.2. The van der Waals surface area contributed by atoms with Gasteiger partial charge in [-0.15, -0.1) is 11.3 Å². The highest BCUT2D eigenvalue weighted by Crippen LogP contribution is 2.36. The highest BCUT2D eigenvalue weighted by molar-refractivity contribution is 7.13. The number of nitrogens with one attached hydrogen (secondary N) is 2. The zero-order valence-electron chi connectivity index (χ0n) is 22.8. The van der Waals surface area contributed by atoms with Crippen molar-refractivity contribution in [3.63, 3.8) is 0 Å². The predicted octanol–water partition coefficient (Wildman–Crippen LogP) is 1.92. The number of rotatable bonds is 13. The lowest BCUT2D eigenvalue weighted by atomic mass is 10.1. The van der Waals surface area contributed by atoms with Gasteiger partial charge in [-0.05, 0) is 37.4 Å². The van der Waals surface area contributed by atoms with Crippen molar-refractivity contribution >= 4 is 42.6 Å². The second-order valence-electron chi connectivity index (χ2n) is 10.6. The largest absolute Gasteiger partial charge is 0.467 e. The summed E-state index contributed by atoms with van der Waals surface area (Å²) in [6.45, 7) is 12.3. The van der Waals surface area contributed by atoms with Crippen molar-refractivity contribution in [2.24, 2.45) is 0 Å². The molecule has 2 heterocycles. The lowest BCUT2D eigenvalue weighted by molar-refractivity contribution is -0.143. The van der Waals surface area contributed by atoms with Gasteiger partial charge in [0, 0.05) is 37.7 Å². The van der Waals surface area contributed by atoms with Crippen molar-refractivity contribution < 1.29 is 33.4 Å². The third kappa shape index (κ3) is 9.64. The fourth-order valence-corrected chi connectivity index (χ4v) is 5.26. The Morgan fingerprint density at radius 3 is 2.54 bits per heavy atom. The minimum absolute atomic E-state index is 0.0152. The number of ether oxygens (including phenoxy) is 2. The zero-order valence-corrected chi connectivity index (χ0v) is 24.6. The molecule has 0 spiro atoms. The number of nitrogens with zero attached hydrogens (tertiary/aromatic N) is 2. The number of piperidine rings is 1. The predicted molar refractivity (Wildman–Crippen MR) is 144 cm³/mol. The molecule has 2 rings (SSSR count). The minimum atomic E-state index is -2.12. The number of anilines is 1. The average molecular weight is 559 g/mol. The van der Waals surface area contributed by atoms with Crippen LogP contribution in [0.4, 0.5) is 5.13 Å². The second-order valence-corrected chi connectivity index (χ2v) is 16.2. The molecule has 0 bridgehead atoms. The van der Waals surface area contributed by atoms with Gasteiger partial charge in [-0.25, -0.2) is 9.78 Å². The smallest absolute Gasteiger partial charge is 0.330 e. The van der Waals surface area contributed by atoms with Crippen molar-refractivity contribution in [2.45, 2.75) is 70.2 Å². The number of aliphatic hydroxyl groups is 1. The first-order valence-corrected chi connectivity index (χ1v) is 16.4. The summed E-state index contributed by atoms with van der Waals surface area (Å²) in [5, 5.41) is 16.8. The summed E-state index contributed by atoms with van der Waals surface area (Å²) in [4.78, 5) is 43.8. The molecule has 1 aliphatic heterocycles. The Kier molecular flexibility index (Phi) is 11.9. The van der Waals surface area contributed by atoms with Crippen LogP contribution in [0, 0.1) is 0 Å². The molecule has 2 amide bonds. The van der Waals surface area contributed by atoms with E-state index >= 15 is 0 Å². The highest BCUT2D eigenvalue weighted by Gasteiger charge is 2.38. The Bertz CT molecular complexity index is 898. The van der Waals surface area contributed by atoms with E-state index in [-0.39, 0.29) is 42.5 Å². The number of carbonyl (C=O) groups is 3. The fraction of sp³-hybridized carbons (Fsp3) is 0.750. The van der Waals surface area contributed by atoms with Crippen molar-refractivity contribution in [1.29, 1.82) is 0 Å². The summed E-state index contributed by atoms with van der Waals surface area (Å²) in [5.74, 6) is -1.19. The molecule has 1 fully saturated rings. The molecule has 1 aliphatic rings. The molecule has 0 radical (unpaired) electrons. The van der Waals surface area contributed by atoms with E-state index in [1.165, 1.54) is 18.4 Å². The molecular formula is C24H42N4O7SSi. The van der Waals surface area contributed by atoms with Gasteiger partial charge < -0.3 is 34.5 Å². The van der Waals surface area contributed by atoms with Gasteiger partial charge in [0.2, 0.25) is 5.91 Å². The summed E-state index contributed by atoms with van der Waals surface area (Å²) >= 11 is 1.36. The Morgan fingerprint density at radius 2 is 1.95 bits per heavy atom. The van der Waals surface area contributed by atoms with Crippen molar-refractivity contribution in [3.05, 3.63) is 11.1 Å². The maximum absolute atomic E-state index is 12.9. The number of methoxy groups -OCH3 is 1. The molecule has 1 saturated heterocycles. The first kappa shape index (κ1) is 31.2. The standard InChI is InChI=1S/C24H42N4O7SSi/c1-24(2,3)37(5,6)35-14-18(22(32)33-4)26-21(31)19-16-36-23(27-19)28-10-8-17(9-11-28)25-20(30)15-34-13-7-12-29/h16-18,29H,7-15H2,1-6H3,(H,25,30)(H,26,31)/t18-/m0/s1. The van der Waals surface area contributed by atoms with Gasteiger partial charge in [0.05, 0.1) is 13.7 Å². The summed E-state index contributed by atoms with van der Waals surface area (Å²) in [6.07, 6.45) is 2.00. The maximum atomic E-state index is 12.9. The summed E-state index contributed by atoms with van der Waals surface area (Å²) in [5.41, 5.74) is 0.233. The number of thiazole rings is 1. The zero-order chi connectivity index (χ0) is 27.6. The Labute approximate surface area is 224 Å². The summed E-state index contributed by atoms with van der Waals surface area (Å²) in [6, 6.07) is -0.876. The average Bonchev–Trinajstić information content (AvgIpc) is 3.34. The van der Waals surface area contributed by atoms with E-state index in [2.05, 4.69) is 54.4 Å². The lowest BCUT2D eigenvalue weighted by Gasteiger charge is -2.37. The van der Waals surface area contributed by atoms with E-state index in [0.717, 1.165) is 18.0 Å². The SMILES string of the molecule is COC(=O)[C@H](CO[Si](C)(C)C(C)(C)C)NC(=O)c1csc(N2CCC(NC(=O)COCCCO)CC2)n1. The van der Waals surface area contributed by atoms with Crippen LogP contribution in [0.5, 0.6) is 0 Å². The fourth-order valence-electron chi connectivity index (χ4n) is 3.38. The third-order valence-corrected chi connectivity index (χ3v) is 12.1. The van der Waals surface area contributed by atoms with Gasteiger partial charge in [0.25, 0.3) is 5.91 Å². The molecule has 210 valence electrons. The Morgan fingerprint density at radius 1 is 1.27 bits per heavy atom. The topological polar surface area (TPSA) is 139 Å². The number of amides is 2. The van der Waals surface area contributed by atoms with E-state index in [4.69, 9.17) is 19.0 Å². The van der Waals surface area contributed by atoms with Crippen molar-refractivity contribution in [3.8, 4) is 0 Å². The van der Waals surface area contributed by atoms with E-state index in [1.54, 1.807) is 5.38 Å². The van der Waals surface area contributed by atoms with Gasteiger partial charge in [0.1, 0.15) is 18.3 Å². The van der Waals surface area contributed by atoms with Crippen LogP contribution in [0.2, 0.25) is 18.1 Å². The number of hydrogen-bond donors (Lipinski definition) is 3. The second kappa shape index (κ2) is 14.2. The quantitative estimate of drug-likeness (QED) is 0.188. The minimum Gasteiger partial charge on any atom is -0.467 e. The molecule has 3 N–H and O–H groups in total. The molecular weight excluding hydrogens is 516 g/mol. The molecule has 0 aromatic carbocycles. The molecule has 1 aromatic rings. The molecule has 0 saturated carbocycles. The number of esters is 1. The maximum Gasteiger partial charge on any atom is 0.330 e. The number of aliphatic hydroxyl groups excluding tert-OH is 1. The highest BCUT2D eigenvalue weighted by atomic mass is 32.1. The van der Waals surface area contributed by atoms with Crippen LogP contribution in [-0.2, 0) is 23.5 Å². The third-order valence-electron chi connectivity index (χ3n) is 6.74. The summed E-state index contributed by atoms with van der Waals surface area (Å²) in [7, 11) is -0.840. The molecule has 0 aliphatic carbocycles.